The van der Waals surface area contributed by atoms with Gasteiger partial charge in [-0.2, -0.15) is 0 Å². The predicted octanol–water partition coefficient (Wildman–Crippen LogP) is 3.22. The standard InChI is InChI=1S/C16H17NO2S/c1-12-2-8-15(9-3-12)20-11-16(19)17-14-6-4-13(10-18)5-7-14/h2-9,18H,10-11H2,1H3,(H,17,19). The Hall–Kier alpha value is -1.78. The summed E-state index contributed by atoms with van der Waals surface area (Å²) in [6.07, 6.45) is 0. The first kappa shape index (κ1) is 14.6. The molecule has 104 valence electrons. The number of rotatable bonds is 5. The van der Waals surface area contributed by atoms with Crippen molar-refractivity contribution in [2.45, 2.75) is 18.4 Å². The Morgan fingerprint density at radius 2 is 1.75 bits per heavy atom. The molecule has 0 aliphatic rings. The first-order chi connectivity index (χ1) is 9.67. The number of carbonyl (C=O) groups excluding carboxylic acids is 1. The molecule has 0 bridgehead atoms. The molecule has 0 aliphatic heterocycles. The van der Waals surface area contributed by atoms with E-state index in [2.05, 4.69) is 5.32 Å². The second-order valence-electron chi connectivity index (χ2n) is 4.50. The normalized spacial score (nSPS) is 10.3. The van der Waals surface area contributed by atoms with E-state index in [1.54, 1.807) is 24.3 Å². The third-order valence-corrected chi connectivity index (χ3v) is 3.82. The van der Waals surface area contributed by atoms with Gasteiger partial charge in [-0.15, -0.1) is 11.8 Å². The zero-order valence-electron chi connectivity index (χ0n) is 11.3. The van der Waals surface area contributed by atoms with E-state index >= 15 is 0 Å². The second kappa shape index (κ2) is 7.12. The monoisotopic (exact) mass is 287 g/mol. The average Bonchev–Trinajstić information content (AvgIpc) is 2.47. The fourth-order valence-electron chi connectivity index (χ4n) is 1.67. The van der Waals surface area contributed by atoms with Crippen molar-refractivity contribution >= 4 is 23.4 Å². The Morgan fingerprint density at radius 3 is 2.35 bits per heavy atom. The van der Waals surface area contributed by atoms with Crippen molar-refractivity contribution in [3.8, 4) is 0 Å². The number of hydrogen-bond acceptors (Lipinski definition) is 3. The molecule has 3 nitrogen and oxygen atoms in total. The highest BCUT2D eigenvalue weighted by atomic mass is 32.2. The van der Waals surface area contributed by atoms with Crippen molar-refractivity contribution in [2.24, 2.45) is 0 Å². The Bertz CT molecular complexity index is 564. The molecule has 20 heavy (non-hydrogen) atoms. The van der Waals surface area contributed by atoms with Gasteiger partial charge in [-0.1, -0.05) is 29.8 Å². The zero-order chi connectivity index (χ0) is 14.4. The lowest BCUT2D eigenvalue weighted by atomic mass is 10.2. The summed E-state index contributed by atoms with van der Waals surface area (Å²) in [5.41, 5.74) is 2.79. The van der Waals surface area contributed by atoms with Gasteiger partial charge < -0.3 is 10.4 Å². The summed E-state index contributed by atoms with van der Waals surface area (Å²) < 4.78 is 0. The van der Waals surface area contributed by atoms with Crippen molar-refractivity contribution in [3.63, 3.8) is 0 Å². The highest BCUT2D eigenvalue weighted by molar-refractivity contribution is 8.00. The van der Waals surface area contributed by atoms with Crippen LogP contribution in [0, 0.1) is 6.92 Å². The van der Waals surface area contributed by atoms with Crippen LogP contribution in [0.25, 0.3) is 0 Å². The zero-order valence-corrected chi connectivity index (χ0v) is 12.1. The van der Waals surface area contributed by atoms with Crippen LogP contribution in [0.5, 0.6) is 0 Å². The van der Waals surface area contributed by atoms with E-state index < -0.39 is 0 Å². The Balaban J connectivity index is 1.84. The quantitative estimate of drug-likeness (QED) is 0.830. The van der Waals surface area contributed by atoms with Crippen molar-refractivity contribution in [2.75, 3.05) is 11.1 Å². The molecule has 0 aliphatic carbocycles. The molecule has 0 spiro atoms. The number of benzene rings is 2. The van der Waals surface area contributed by atoms with E-state index in [4.69, 9.17) is 5.11 Å². The fourth-order valence-corrected chi connectivity index (χ4v) is 2.37. The number of amides is 1. The van der Waals surface area contributed by atoms with Crippen LogP contribution in [0.4, 0.5) is 5.69 Å². The van der Waals surface area contributed by atoms with Gasteiger partial charge in [-0.3, -0.25) is 4.79 Å². The maximum atomic E-state index is 11.8. The first-order valence-corrected chi connectivity index (χ1v) is 7.35. The highest BCUT2D eigenvalue weighted by Crippen LogP contribution is 2.18. The molecule has 4 heteroatoms. The summed E-state index contributed by atoms with van der Waals surface area (Å²) in [5.74, 6) is 0.345. The molecule has 0 fully saturated rings. The molecule has 2 rings (SSSR count). The topological polar surface area (TPSA) is 49.3 Å². The molecule has 2 aromatic rings. The van der Waals surface area contributed by atoms with Gasteiger partial charge in [0.1, 0.15) is 0 Å². The van der Waals surface area contributed by atoms with Gasteiger partial charge in [0, 0.05) is 10.6 Å². The molecule has 0 unspecified atom stereocenters. The minimum Gasteiger partial charge on any atom is -0.392 e. The lowest BCUT2D eigenvalue weighted by Gasteiger charge is -2.06. The molecule has 2 aromatic carbocycles. The number of thioether (sulfide) groups is 1. The fraction of sp³-hybridized carbons (Fsp3) is 0.188. The first-order valence-electron chi connectivity index (χ1n) is 6.36. The minimum absolute atomic E-state index is 0.0114. The van der Waals surface area contributed by atoms with Crippen LogP contribution >= 0.6 is 11.8 Å². The highest BCUT2D eigenvalue weighted by Gasteiger charge is 2.03. The number of anilines is 1. The second-order valence-corrected chi connectivity index (χ2v) is 5.55. The van der Waals surface area contributed by atoms with Crippen molar-refractivity contribution < 1.29 is 9.90 Å². The summed E-state index contributed by atoms with van der Waals surface area (Å²) in [6, 6.07) is 15.3. The van der Waals surface area contributed by atoms with Gasteiger partial charge >= 0.3 is 0 Å². The van der Waals surface area contributed by atoms with Crippen molar-refractivity contribution in [3.05, 3.63) is 59.7 Å². The van der Waals surface area contributed by atoms with Crippen LogP contribution in [0.3, 0.4) is 0 Å². The number of hydrogen-bond donors (Lipinski definition) is 2. The molecular weight excluding hydrogens is 270 g/mol. The molecular formula is C16H17NO2S. The Kier molecular flexibility index (Phi) is 5.21. The van der Waals surface area contributed by atoms with Gasteiger partial charge in [0.15, 0.2) is 0 Å². The Morgan fingerprint density at radius 1 is 1.10 bits per heavy atom. The Labute approximate surface area is 123 Å². The van der Waals surface area contributed by atoms with Crippen LogP contribution in [-0.2, 0) is 11.4 Å². The maximum absolute atomic E-state index is 11.8. The molecule has 2 N–H and O–H groups in total. The lowest BCUT2D eigenvalue weighted by Crippen LogP contribution is -2.13. The molecule has 0 aromatic heterocycles. The predicted molar refractivity (Wildman–Crippen MR) is 82.9 cm³/mol. The van der Waals surface area contributed by atoms with Crippen LogP contribution in [0.2, 0.25) is 0 Å². The summed E-state index contributed by atoms with van der Waals surface area (Å²) >= 11 is 1.51. The molecule has 1 amide bonds. The average molecular weight is 287 g/mol. The number of carbonyl (C=O) groups is 1. The SMILES string of the molecule is Cc1ccc(SCC(=O)Nc2ccc(CO)cc2)cc1. The largest absolute Gasteiger partial charge is 0.392 e. The molecule has 0 saturated heterocycles. The van der Waals surface area contributed by atoms with Crippen molar-refractivity contribution in [1.29, 1.82) is 0 Å². The third kappa shape index (κ3) is 4.40. The minimum atomic E-state index is -0.0349. The van der Waals surface area contributed by atoms with Gasteiger partial charge in [0.2, 0.25) is 5.91 Å². The van der Waals surface area contributed by atoms with E-state index in [1.807, 2.05) is 31.2 Å². The van der Waals surface area contributed by atoms with Crippen LogP contribution in [-0.4, -0.2) is 16.8 Å². The summed E-state index contributed by atoms with van der Waals surface area (Å²) in [5, 5.41) is 11.8. The maximum Gasteiger partial charge on any atom is 0.234 e. The van der Waals surface area contributed by atoms with E-state index in [0.717, 1.165) is 16.1 Å². The van der Waals surface area contributed by atoms with E-state index in [0.29, 0.717) is 5.75 Å². The molecule has 0 radical (unpaired) electrons. The van der Waals surface area contributed by atoms with E-state index in [9.17, 15) is 4.79 Å². The van der Waals surface area contributed by atoms with Gasteiger partial charge in [0.25, 0.3) is 0 Å². The van der Waals surface area contributed by atoms with Crippen LogP contribution in [0.1, 0.15) is 11.1 Å². The number of nitrogens with one attached hydrogen (secondary N) is 1. The summed E-state index contributed by atoms with van der Waals surface area (Å²) in [6.45, 7) is 2.05. The summed E-state index contributed by atoms with van der Waals surface area (Å²) in [7, 11) is 0. The number of aryl methyl sites for hydroxylation is 1. The van der Waals surface area contributed by atoms with Gasteiger partial charge in [-0.05, 0) is 36.8 Å². The van der Waals surface area contributed by atoms with Gasteiger partial charge in [0.05, 0.1) is 12.4 Å². The molecule has 0 heterocycles. The number of aliphatic hydroxyl groups excluding tert-OH is 1. The van der Waals surface area contributed by atoms with E-state index in [-0.39, 0.29) is 12.5 Å². The smallest absolute Gasteiger partial charge is 0.234 e. The van der Waals surface area contributed by atoms with Crippen LogP contribution in [0.15, 0.2) is 53.4 Å². The molecule has 0 atom stereocenters. The third-order valence-electron chi connectivity index (χ3n) is 2.81. The lowest BCUT2D eigenvalue weighted by molar-refractivity contribution is -0.113. The van der Waals surface area contributed by atoms with Crippen molar-refractivity contribution in [1.82, 2.24) is 0 Å². The van der Waals surface area contributed by atoms with Crippen LogP contribution < -0.4 is 5.32 Å². The van der Waals surface area contributed by atoms with E-state index in [1.165, 1.54) is 17.3 Å². The number of aliphatic hydroxyl groups is 1. The van der Waals surface area contributed by atoms with Gasteiger partial charge in [-0.25, -0.2) is 0 Å². The molecule has 0 saturated carbocycles. The summed E-state index contributed by atoms with van der Waals surface area (Å²) in [4.78, 5) is 12.9.